The summed E-state index contributed by atoms with van der Waals surface area (Å²) in [5.41, 5.74) is 8.76. The largest absolute Gasteiger partial charge is 0.454 e. The van der Waals surface area contributed by atoms with Crippen molar-refractivity contribution < 1.29 is 14.3 Å². The highest BCUT2D eigenvalue weighted by Crippen LogP contribution is 2.32. The van der Waals surface area contributed by atoms with Crippen molar-refractivity contribution in [2.24, 2.45) is 0 Å². The number of aromatic nitrogens is 1. The monoisotopic (exact) mass is 353 g/mol. The fraction of sp³-hybridized carbons (Fsp3) is 0.300. The standard InChI is InChI=1S/C20H23N3O3/c1-14-10-16(23-19(21)11-14)4-2-3-9-22-20(24)8-6-15-5-7-17-18(12-15)26-13-25-17/h5-8,10-12H,2-4,9,13H2,1H3,(H2,21,23)(H,22,24)/b8-6+. The third-order valence-electron chi connectivity index (χ3n) is 4.03. The van der Waals surface area contributed by atoms with Crippen LogP contribution in [-0.4, -0.2) is 24.2 Å². The molecule has 0 fully saturated rings. The number of anilines is 1. The van der Waals surface area contributed by atoms with Crippen molar-refractivity contribution in [3.63, 3.8) is 0 Å². The molecule has 6 nitrogen and oxygen atoms in total. The molecule has 26 heavy (non-hydrogen) atoms. The highest BCUT2D eigenvalue weighted by atomic mass is 16.7. The van der Waals surface area contributed by atoms with Crippen LogP contribution in [0.25, 0.3) is 6.08 Å². The molecule has 6 heteroatoms. The van der Waals surface area contributed by atoms with Crippen LogP contribution in [0.4, 0.5) is 5.82 Å². The molecule has 0 bridgehead atoms. The Hall–Kier alpha value is -3.02. The van der Waals surface area contributed by atoms with Gasteiger partial charge in [-0.05, 0) is 67.7 Å². The summed E-state index contributed by atoms with van der Waals surface area (Å²) >= 11 is 0. The number of benzene rings is 1. The molecule has 0 spiro atoms. The molecule has 3 rings (SSSR count). The van der Waals surface area contributed by atoms with Gasteiger partial charge in [-0.2, -0.15) is 0 Å². The van der Waals surface area contributed by atoms with Crippen molar-refractivity contribution in [1.29, 1.82) is 0 Å². The molecule has 2 aromatic rings. The van der Waals surface area contributed by atoms with Gasteiger partial charge in [0, 0.05) is 18.3 Å². The quantitative estimate of drug-likeness (QED) is 0.590. The van der Waals surface area contributed by atoms with Gasteiger partial charge in [0.25, 0.3) is 0 Å². The smallest absolute Gasteiger partial charge is 0.243 e. The van der Waals surface area contributed by atoms with Gasteiger partial charge >= 0.3 is 0 Å². The minimum Gasteiger partial charge on any atom is -0.454 e. The molecule has 1 aliphatic rings. The molecular formula is C20H23N3O3. The van der Waals surface area contributed by atoms with Crippen molar-refractivity contribution >= 4 is 17.8 Å². The van der Waals surface area contributed by atoms with Gasteiger partial charge in [0.15, 0.2) is 11.5 Å². The number of carbonyl (C=O) groups is 1. The van der Waals surface area contributed by atoms with E-state index < -0.39 is 0 Å². The number of nitrogens with two attached hydrogens (primary N) is 1. The molecule has 1 aromatic carbocycles. The van der Waals surface area contributed by atoms with E-state index in [1.165, 1.54) is 6.08 Å². The van der Waals surface area contributed by atoms with Crippen molar-refractivity contribution in [2.45, 2.75) is 26.2 Å². The number of aryl methyl sites for hydroxylation is 2. The molecule has 1 aliphatic heterocycles. The number of rotatable bonds is 7. The first-order valence-corrected chi connectivity index (χ1v) is 8.69. The van der Waals surface area contributed by atoms with Gasteiger partial charge in [0.05, 0.1) is 0 Å². The maximum atomic E-state index is 11.9. The summed E-state index contributed by atoms with van der Waals surface area (Å²) in [6.45, 7) is 2.88. The minimum atomic E-state index is -0.111. The predicted octanol–water partition coefficient (Wildman–Crippen LogP) is 2.85. The lowest BCUT2D eigenvalue weighted by molar-refractivity contribution is -0.116. The number of amides is 1. The van der Waals surface area contributed by atoms with Crippen LogP contribution in [0.1, 0.15) is 29.7 Å². The van der Waals surface area contributed by atoms with E-state index in [1.807, 2.05) is 37.3 Å². The van der Waals surface area contributed by atoms with Gasteiger partial charge in [-0.25, -0.2) is 4.98 Å². The Balaban J connectivity index is 1.37. The summed E-state index contributed by atoms with van der Waals surface area (Å²) in [4.78, 5) is 16.2. The van der Waals surface area contributed by atoms with E-state index in [0.717, 1.165) is 41.8 Å². The topological polar surface area (TPSA) is 86.5 Å². The van der Waals surface area contributed by atoms with Crippen LogP contribution in [0.2, 0.25) is 0 Å². The van der Waals surface area contributed by atoms with Gasteiger partial charge in [-0.1, -0.05) is 6.07 Å². The van der Waals surface area contributed by atoms with Crippen molar-refractivity contribution in [1.82, 2.24) is 10.3 Å². The van der Waals surface area contributed by atoms with Crippen molar-refractivity contribution in [3.8, 4) is 11.5 Å². The number of carbonyl (C=O) groups excluding carboxylic acids is 1. The summed E-state index contributed by atoms with van der Waals surface area (Å²) in [5.74, 6) is 1.89. The molecule has 1 amide bonds. The number of hydrogen-bond donors (Lipinski definition) is 2. The fourth-order valence-electron chi connectivity index (χ4n) is 2.79. The Kier molecular flexibility index (Phi) is 5.73. The third-order valence-corrected chi connectivity index (χ3v) is 4.03. The molecule has 1 aromatic heterocycles. The second-order valence-electron chi connectivity index (χ2n) is 6.25. The van der Waals surface area contributed by atoms with Gasteiger partial charge in [-0.3, -0.25) is 4.79 Å². The van der Waals surface area contributed by atoms with Crippen LogP contribution in [0.15, 0.2) is 36.4 Å². The van der Waals surface area contributed by atoms with E-state index in [9.17, 15) is 4.79 Å². The summed E-state index contributed by atoms with van der Waals surface area (Å²) in [7, 11) is 0. The van der Waals surface area contributed by atoms with Crippen molar-refractivity contribution in [3.05, 3.63) is 53.2 Å². The Bertz CT molecular complexity index is 798. The van der Waals surface area contributed by atoms with Crippen LogP contribution < -0.4 is 20.5 Å². The third kappa shape index (κ3) is 4.99. The first-order chi connectivity index (χ1) is 12.6. The lowest BCUT2D eigenvalue weighted by atomic mass is 10.1. The Morgan fingerprint density at radius 1 is 1.23 bits per heavy atom. The van der Waals surface area contributed by atoms with Crippen LogP contribution >= 0.6 is 0 Å². The molecule has 136 valence electrons. The van der Waals surface area contributed by atoms with E-state index in [1.54, 1.807) is 6.08 Å². The van der Waals surface area contributed by atoms with E-state index in [0.29, 0.717) is 18.1 Å². The molecule has 0 radical (unpaired) electrons. The van der Waals surface area contributed by atoms with E-state index in [-0.39, 0.29) is 12.7 Å². The van der Waals surface area contributed by atoms with Gasteiger partial charge in [-0.15, -0.1) is 0 Å². The van der Waals surface area contributed by atoms with Crippen LogP contribution in [0, 0.1) is 6.92 Å². The van der Waals surface area contributed by atoms with Gasteiger partial charge in [0.1, 0.15) is 5.82 Å². The number of nitrogen functional groups attached to an aromatic ring is 1. The van der Waals surface area contributed by atoms with Gasteiger partial charge < -0.3 is 20.5 Å². The molecule has 0 unspecified atom stereocenters. The lowest BCUT2D eigenvalue weighted by Crippen LogP contribution is -2.22. The van der Waals surface area contributed by atoms with Gasteiger partial charge in [0.2, 0.25) is 12.7 Å². The van der Waals surface area contributed by atoms with E-state index in [4.69, 9.17) is 15.2 Å². The summed E-state index contributed by atoms with van der Waals surface area (Å²) in [6.07, 6.45) is 5.98. The zero-order valence-corrected chi connectivity index (χ0v) is 14.8. The number of pyridine rings is 1. The summed E-state index contributed by atoms with van der Waals surface area (Å²) < 4.78 is 10.6. The Morgan fingerprint density at radius 2 is 2.08 bits per heavy atom. The first-order valence-electron chi connectivity index (χ1n) is 8.69. The van der Waals surface area contributed by atoms with E-state index in [2.05, 4.69) is 10.3 Å². The zero-order chi connectivity index (χ0) is 18.4. The number of unbranched alkanes of at least 4 members (excludes halogenated alkanes) is 1. The molecule has 0 saturated heterocycles. The molecule has 0 atom stereocenters. The number of fused-ring (bicyclic) bond motifs is 1. The number of hydrogen-bond acceptors (Lipinski definition) is 5. The first kappa shape index (κ1) is 17.8. The van der Waals surface area contributed by atoms with Crippen LogP contribution in [-0.2, 0) is 11.2 Å². The van der Waals surface area contributed by atoms with E-state index >= 15 is 0 Å². The SMILES string of the molecule is Cc1cc(N)nc(CCCCNC(=O)/C=C/c2ccc3c(c2)OCO3)c1. The zero-order valence-electron chi connectivity index (χ0n) is 14.8. The number of nitrogens with zero attached hydrogens (tertiary/aromatic N) is 1. The highest BCUT2D eigenvalue weighted by Gasteiger charge is 2.12. The molecule has 3 N–H and O–H groups in total. The normalized spacial score (nSPS) is 12.5. The average molecular weight is 353 g/mol. The molecule has 2 heterocycles. The fourth-order valence-corrected chi connectivity index (χ4v) is 2.79. The summed E-state index contributed by atoms with van der Waals surface area (Å²) in [5, 5.41) is 2.89. The summed E-state index contributed by atoms with van der Waals surface area (Å²) in [6, 6.07) is 9.48. The lowest BCUT2D eigenvalue weighted by Gasteiger charge is -2.05. The average Bonchev–Trinajstić information content (AvgIpc) is 3.06. The van der Waals surface area contributed by atoms with Crippen LogP contribution in [0.3, 0.4) is 0 Å². The maximum Gasteiger partial charge on any atom is 0.243 e. The Labute approximate surface area is 153 Å². The minimum absolute atomic E-state index is 0.111. The molecular weight excluding hydrogens is 330 g/mol. The predicted molar refractivity (Wildman–Crippen MR) is 101 cm³/mol. The number of ether oxygens (including phenoxy) is 2. The Morgan fingerprint density at radius 3 is 2.92 bits per heavy atom. The number of nitrogens with one attached hydrogen (secondary N) is 1. The highest BCUT2D eigenvalue weighted by molar-refractivity contribution is 5.91. The molecule has 0 saturated carbocycles. The maximum absolute atomic E-state index is 11.9. The second-order valence-corrected chi connectivity index (χ2v) is 6.25. The second kappa shape index (κ2) is 8.38. The van der Waals surface area contributed by atoms with Crippen molar-refractivity contribution in [2.75, 3.05) is 19.1 Å². The van der Waals surface area contributed by atoms with Crippen LogP contribution in [0.5, 0.6) is 11.5 Å². The molecule has 0 aliphatic carbocycles.